The summed E-state index contributed by atoms with van der Waals surface area (Å²) in [7, 11) is 0. The summed E-state index contributed by atoms with van der Waals surface area (Å²) in [6, 6.07) is 22.8. The molecule has 1 aromatic carbocycles. The van der Waals surface area contributed by atoms with Crippen molar-refractivity contribution in [3.05, 3.63) is 108 Å². The van der Waals surface area contributed by atoms with E-state index in [0.29, 0.717) is 5.11 Å². The predicted molar refractivity (Wildman–Crippen MR) is 127 cm³/mol. The van der Waals surface area contributed by atoms with E-state index in [-0.39, 0.29) is 12.1 Å². The lowest BCUT2D eigenvalue weighted by molar-refractivity contribution is 0.549. The highest BCUT2D eigenvalue weighted by molar-refractivity contribution is 7.80. The molecular formula is C25H23N5S. The molecule has 1 aliphatic heterocycles. The zero-order chi connectivity index (χ0) is 21.2. The standard InChI is InChI=1S/C25H23N5S/c1-2-18-8-10-20(11-9-18)30-24(23(28-25(30)31)21-6-3-4-14-27-21)22-7-5-17-29(22)19-12-15-26-16-13-19/h3-17,23-24H,2H2,1H3,(H,28,31)/t23-,24-/m1/s1. The van der Waals surface area contributed by atoms with E-state index in [9.17, 15) is 0 Å². The largest absolute Gasteiger partial charge is 0.351 e. The van der Waals surface area contributed by atoms with E-state index in [1.165, 1.54) is 5.56 Å². The third-order valence-electron chi connectivity index (χ3n) is 5.75. The molecule has 0 spiro atoms. The van der Waals surface area contributed by atoms with E-state index < -0.39 is 0 Å². The Morgan fingerprint density at radius 3 is 2.42 bits per heavy atom. The lowest BCUT2D eigenvalue weighted by Crippen LogP contribution is -2.30. The van der Waals surface area contributed by atoms with E-state index in [2.05, 4.69) is 80.3 Å². The van der Waals surface area contributed by atoms with Crippen molar-refractivity contribution < 1.29 is 0 Å². The van der Waals surface area contributed by atoms with Crippen molar-refractivity contribution in [3.8, 4) is 5.69 Å². The van der Waals surface area contributed by atoms with Crippen molar-refractivity contribution in [2.24, 2.45) is 0 Å². The third-order valence-corrected chi connectivity index (χ3v) is 6.06. The van der Waals surface area contributed by atoms with Gasteiger partial charge < -0.3 is 14.8 Å². The Balaban J connectivity index is 1.65. The van der Waals surface area contributed by atoms with Crippen molar-refractivity contribution in [1.82, 2.24) is 19.9 Å². The van der Waals surface area contributed by atoms with Crippen molar-refractivity contribution in [3.63, 3.8) is 0 Å². The van der Waals surface area contributed by atoms with Gasteiger partial charge in [0.2, 0.25) is 0 Å². The summed E-state index contributed by atoms with van der Waals surface area (Å²) in [5, 5.41) is 4.23. The summed E-state index contributed by atoms with van der Waals surface area (Å²) in [5.41, 5.74) is 5.54. The molecule has 0 saturated carbocycles. The summed E-state index contributed by atoms with van der Waals surface area (Å²) in [6.45, 7) is 2.17. The second-order valence-electron chi connectivity index (χ2n) is 7.53. The number of anilines is 1. The summed E-state index contributed by atoms with van der Waals surface area (Å²) < 4.78 is 2.20. The smallest absolute Gasteiger partial charge is 0.174 e. The van der Waals surface area contributed by atoms with Crippen LogP contribution in [0.25, 0.3) is 5.69 Å². The first-order valence-electron chi connectivity index (χ1n) is 10.4. The van der Waals surface area contributed by atoms with E-state index in [1.807, 2.05) is 42.9 Å². The molecule has 4 aromatic rings. The predicted octanol–water partition coefficient (Wildman–Crippen LogP) is 5.01. The molecule has 5 nitrogen and oxygen atoms in total. The molecule has 31 heavy (non-hydrogen) atoms. The highest BCUT2D eigenvalue weighted by Gasteiger charge is 2.42. The first kappa shape index (κ1) is 19.5. The van der Waals surface area contributed by atoms with Crippen LogP contribution < -0.4 is 10.2 Å². The number of nitrogens with zero attached hydrogens (tertiary/aromatic N) is 4. The van der Waals surface area contributed by atoms with E-state index in [0.717, 1.165) is 29.2 Å². The van der Waals surface area contributed by atoms with Crippen LogP contribution in [0.3, 0.4) is 0 Å². The summed E-state index contributed by atoms with van der Waals surface area (Å²) in [4.78, 5) is 11.0. The molecule has 0 unspecified atom stereocenters. The number of pyridine rings is 2. The van der Waals surface area contributed by atoms with Crippen molar-refractivity contribution in [2.75, 3.05) is 4.90 Å². The van der Waals surface area contributed by atoms with Crippen LogP contribution in [0.2, 0.25) is 0 Å². The number of aryl methyl sites for hydroxylation is 1. The van der Waals surface area contributed by atoms with Gasteiger partial charge in [0.1, 0.15) is 6.04 Å². The number of rotatable bonds is 5. The van der Waals surface area contributed by atoms with Gasteiger partial charge in [-0.15, -0.1) is 0 Å². The van der Waals surface area contributed by atoms with Crippen LogP contribution >= 0.6 is 12.2 Å². The zero-order valence-corrected chi connectivity index (χ0v) is 18.0. The molecule has 5 rings (SSSR count). The fourth-order valence-corrected chi connectivity index (χ4v) is 4.55. The first-order valence-corrected chi connectivity index (χ1v) is 10.8. The van der Waals surface area contributed by atoms with Gasteiger partial charge in [-0.25, -0.2) is 0 Å². The molecule has 0 amide bonds. The Kier molecular flexibility index (Phi) is 5.22. The number of benzene rings is 1. The van der Waals surface area contributed by atoms with Gasteiger partial charge in [-0.1, -0.05) is 25.1 Å². The third kappa shape index (κ3) is 3.59. The second kappa shape index (κ2) is 8.32. The van der Waals surface area contributed by atoms with Crippen molar-refractivity contribution in [2.45, 2.75) is 25.4 Å². The minimum atomic E-state index is -0.0740. The Bertz CT molecular complexity index is 1170. The maximum Gasteiger partial charge on any atom is 0.174 e. The average Bonchev–Trinajstić information content (AvgIpc) is 3.44. The van der Waals surface area contributed by atoms with E-state index in [4.69, 9.17) is 12.2 Å². The Hall–Kier alpha value is -3.51. The molecule has 1 saturated heterocycles. The highest BCUT2D eigenvalue weighted by Crippen LogP contribution is 2.42. The van der Waals surface area contributed by atoms with Crippen LogP contribution in [-0.2, 0) is 6.42 Å². The Labute approximate surface area is 187 Å². The molecule has 4 heterocycles. The topological polar surface area (TPSA) is 46.0 Å². The SMILES string of the molecule is CCc1ccc(N2C(=S)N[C@H](c3ccccn3)[C@H]2c2cccn2-c2ccncc2)cc1. The highest BCUT2D eigenvalue weighted by atomic mass is 32.1. The molecule has 2 atom stereocenters. The lowest BCUT2D eigenvalue weighted by Gasteiger charge is -2.29. The Morgan fingerprint density at radius 2 is 1.71 bits per heavy atom. The quantitative estimate of drug-likeness (QED) is 0.456. The van der Waals surface area contributed by atoms with Gasteiger partial charge in [0.15, 0.2) is 5.11 Å². The van der Waals surface area contributed by atoms with Gasteiger partial charge in [-0.2, -0.15) is 0 Å². The lowest BCUT2D eigenvalue weighted by atomic mass is 10.0. The van der Waals surface area contributed by atoms with Crippen molar-refractivity contribution >= 4 is 23.0 Å². The van der Waals surface area contributed by atoms with Gasteiger partial charge in [0, 0.05) is 41.9 Å². The normalized spacial score (nSPS) is 18.2. The molecule has 3 aromatic heterocycles. The van der Waals surface area contributed by atoms with Crippen LogP contribution in [0, 0.1) is 0 Å². The van der Waals surface area contributed by atoms with Gasteiger partial charge in [-0.3, -0.25) is 9.97 Å². The molecular weight excluding hydrogens is 402 g/mol. The number of nitrogens with one attached hydrogen (secondary N) is 1. The molecule has 0 radical (unpaired) electrons. The van der Waals surface area contributed by atoms with Crippen LogP contribution in [0.4, 0.5) is 5.69 Å². The molecule has 1 fully saturated rings. The van der Waals surface area contributed by atoms with Crippen LogP contribution in [0.1, 0.15) is 36.0 Å². The maximum atomic E-state index is 5.84. The molecule has 0 aliphatic carbocycles. The average molecular weight is 426 g/mol. The van der Waals surface area contributed by atoms with Gasteiger partial charge >= 0.3 is 0 Å². The fourth-order valence-electron chi connectivity index (χ4n) is 4.20. The fraction of sp³-hybridized carbons (Fsp3) is 0.160. The number of hydrogen-bond acceptors (Lipinski definition) is 3. The number of hydrogen-bond donors (Lipinski definition) is 1. The summed E-state index contributed by atoms with van der Waals surface area (Å²) in [6.07, 6.45) is 8.55. The minimum absolute atomic E-state index is 0.0574. The van der Waals surface area contributed by atoms with Crippen LogP contribution in [0.5, 0.6) is 0 Å². The van der Waals surface area contributed by atoms with Crippen LogP contribution in [0.15, 0.2) is 91.5 Å². The molecule has 1 N–H and O–H groups in total. The minimum Gasteiger partial charge on any atom is -0.351 e. The van der Waals surface area contributed by atoms with Crippen molar-refractivity contribution in [1.29, 1.82) is 0 Å². The van der Waals surface area contributed by atoms with Gasteiger partial charge in [0.05, 0.1) is 11.7 Å². The molecule has 6 heteroatoms. The summed E-state index contributed by atoms with van der Waals surface area (Å²) in [5.74, 6) is 0. The second-order valence-corrected chi connectivity index (χ2v) is 7.91. The summed E-state index contributed by atoms with van der Waals surface area (Å²) >= 11 is 5.84. The van der Waals surface area contributed by atoms with Crippen LogP contribution in [-0.4, -0.2) is 19.6 Å². The van der Waals surface area contributed by atoms with Gasteiger partial charge in [-0.05, 0) is 72.7 Å². The molecule has 1 aliphatic rings. The zero-order valence-electron chi connectivity index (χ0n) is 17.2. The Morgan fingerprint density at radius 1 is 0.903 bits per heavy atom. The van der Waals surface area contributed by atoms with E-state index in [1.54, 1.807) is 0 Å². The molecule has 0 bridgehead atoms. The first-order chi connectivity index (χ1) is 15.3. The molecule has 154 valence electrons. The maximum absolute atomic E-state index is 5.84. The number of aromatic nitrogens is 3. The van der Waals surface area contributed by atoms with E-state index >= 15 is 0 Å². The van der Waals surface area contributed by atoms with Gasteiger partial charge in [0.25, 0.3) is 0 Å². The monoisotopic (exact) mass is 425 g/mol. The number of thiocarbonyl (C=S) groups is 1.